The third kappa shape index (κ3) is 4.05. The van der Waals surface area contributed by atoms with Gasteiger partial charge in [0.2, 0.25) is 15.9 Å². The van der Waals surface area contributed by atoms with E-state index in [9.17, 15) is 13.2 Å². The monoisotopic (exact) mass is 374 g/mol. The Kier molecular flexibility index (Phi) is 5.29. The van der Waals surface area contributed by atoms with Gasteiger partial charge in [0, 0.05) is 12.2 Å². The maximum absolute atomic E-state index is 12.4. The highest BCUT2D eigenvalue weighted by molar-refractivity contribution is 7.89. The van der Waals surface area contributed by atoms with Crippen LogP contribution in [0.2, 0.25) is 0 Å². The van der Waals surface area contributed by atoms with Crippen LogP contribution in [0.3, 0.4) is 0 Å². The van der Waals surface area contributed by atoms with Gasteiger partial charge in [0.05, 0.1) is 11.3 Å². The van der Waals surface area contributed by atoms with E-state index < -0.39 is 10.0 Å². The van der Waals surface area contributed by atoms with E-state index in [-0.39, 0.29) is 30.4 Å². The number of rotatable bonds is 7. The van der Waals surface area contributed by atoms with Crippen LogP contribution in [0, 0.1) is 0 Å². The molecule has 0 saturated heterocycles. The van der Waals surface area contributed by atoms with Crippen LogP contribution in [0.15, 0.2) is 47.4 Å². The fraction of sp³-hybridized carbons (Fsp3) is 0.316. The number of fused-ring (bicyclic) bond motifs is 1. The molecule has 1 amide bonds. The molecular weight excluding hydrogens is 352 g/mol. The van der Waals surface area contributed by atoms with Crippen LogP contribution in [0.1, 0.15) is 30.9 Å². The number of carbonyl (C=O) groups is 1. The Labute approximate surface area is 153 Å². The number of para-hydroxylation sites is 1. The quantitative estimate of drug-likeness (QED) is 0.730. The van der Waals surface area contributed by atoms with E-state index in [1.807, 2.05) is 24.3 Å². The average molecular weight is 374 g/mol. The SMILES string of the molecule is CC(C)c1ccccc1OCCNS(=O)(=O)c1ccc2c(c1)CC(=O)N2. The van der Waals surface area contributed by atoms with Crippen molar-refractivity contribution < 1.29 is 17.9 Å². The largest absolute Gasteiger partial charge is 0.492 e. The molecule has 3 rings (SSSR count). The first-order valence-electron chi connectivity index (χ1n) is 8.51. The second kappa shape index (κ2) is 7.47. The van der Waals surface area contributed by atoms with Gasteiger partial charge in [-0.2, -0.15) is 0 Å². The van der Waals surface area contributed by atoms with E-state index in [1.165, 1.54) is 12.1 Å². The molecule has 0 aromatic heterocycles. The molecule has 0 spiro atoms. The molecule has 2 aromatic rings. The summed E-state index contributed by atoms with van der Waals surface area (Å²) in [5.74, 6) is 0.967. The fourth-order valence-corrected chi connectivity index (χ4v) is 3.95. The van der Waals surface area contributed by atoms with Crippen LogP contribution in [0.5, 0.6) is 5.75 Å². The zero-order chi connectivity index (χ0) is 18.7. The number of amides is 1. The van der Waals surface area contributed by atoms with Crippen molar-refractivity contribution in [2.75, 3.05) is 18.5 Å². The van der Waals surface area contributed by atoms with Crippen molar-refractivity contribution in [3.8, 4) is 5.75 Å². The Balaban J connectivity index is 1.60. The molecule has 7 heteroatoms. The van der Waals surface area contributed by atoms with Gasteiger partial charge in [0.25, 0.3) is 0 Å². The second-order valence-electron chi connectivity index (χ2n) is 6.48. The molecule has 138 valence electrons. The standard InChI is InChI=1S/C19H22N2O4S/c1-13(2)16-5-3-4-6-18(16)25-10-9-20-26(23,24)15-7-8-17-14(11-15)12-19(22)21-17/h3-8,11,13,20H,9-10,12H2,1-2H3,(H,21,22). The fourth-order valence-electron chi connectivity index (χ4n) is 2.88. The molecule has 2 N–H and O–H groups in total. The Hall–Kier alpha value is -2.38. The molecule has 0 unspecified atom stereocenters. The maximum atomic E-state index is 12.4. The molecule has 6 nitrogen and oxygen atoms in total. The minimum atomic E-state index is -3.65. The minimum absolute atomic E-state index is 0.125. The summed E-state index contributed by atoms with van der Waals surface area (Å²) in [6.07, 6.45) is 0.202. The van der Waals surface area contributed by atoms with E-state index in [2.05, 4.69) is 23.9 Å². The highest BCUT2D eigenvalue weighted by Crippen LogP contribution is 2.26. The predicted molar refractivity (Wildman–Crippen MR) is 100.0 cm³/mol. The van der Waals surface area contributed by atoms with Gasteiger partial charge in [0.15, 0.2) is 0 Å². The zero-order valence-corrected chi connectivity index (χ0v) is 15.6. The smallest absolute Gasteiger partial charge is 0.240 e. The van der Waals surface area contributed by atoms with Crippen molar-refractivity contribution in [3.63, 3.8) is 0 Å². The molecule has 1 aliphatic rings. The summed E-state index contributed by atoms with van der Waals surface area (Å²) in [6, 6.07) is 12.4. The number of ether oxygens (including phenoxy) is 1. The summed E-state index contributed by atoms with van der Waals surface area (Å²) in [5, 5.41) is 2.69. The van der Waals surface area contributed by atoms with Gasteiger partial charge in [-0.25, -0.2) is 13.1 Å². The average Bonchev–Trinajstić information content (AvgIpc) is 2.98. The summed E-state index contributed by atoms with van der Waals surface area (Å²) in [7, 11) is -3.65. The maximum Gasteiger partial charge on any atom is 0.240 e. The van der Waals surface area contributed by atoms with Crippen LogP contribution in [-0.4, -0.2) is 27.5 Å². The Bertz CT molecular complexity index is 923. The van der Waals surface area contributed by atoms with Gasteiger partial charge in [-0.05, 0) is 41.3 Å². The molecule has 1 aliphatic heterocycles. The Morgan fingerprint density at radius 2 is 1.96 bits per heavy atom. The van der Waals surface area contributed by atoms with E-state index in [0.29, 0.717) is 17.2 Å². The third-order valence-corrected chi connectivity index (χ3v) is 5.66. The lowest BCUT2D eigenvalue weighted by atomic mass is 10.0. The molecule has 0 atom stereocenters. The lowest BCUT2D eigenvalue weighted by Gasteiger charge is -2.14. The molecule has 0 aliphatic carbocycles. The van der Waals surface area contributed by atoms with Crippen LogP contribution in [0.25, 0.3) is 0 Å². The number of sulfonamides is 1. The number of carbonyl (C=O) groups excluding carboxylic acids is 1. The van der Waals surface area contributed by atoms with Crippen molar-refractivity contribution in [2.45, 2.75) is 31.1 Å². The first-order chi connectivity index (χ1) is 12.4. The van der Waals surface area contributed by atoms with E-state index in [1.54, 1.807) is 6.07 Å². The topological polar surface area (TPSA) is 84.5 Å². The molecule has 0 radical (unpaired) electrons. The Morgan fingerprint density at radius 3 is 2.73 bits per heavy atom. The summed E-state index contributed by atoms with van der Waals surface area (Å²) in [4.78, 5) is 11.5. The lowest BCUT2D eigenvalue weighted by Crippen LogP contribution is -2.28. The van der Waals surface area contributed by atoms with Gasteiger partial charge < -0.3 is 10.1 Å². The Morgan fingerprint density at radius 1 is 1.19 bits per heavy atom. The first-order valence-corrected chi connectivity index (χ1v) is 9.99. The van der Waals surface area contributed by atoms with Gasteiger partial charge >= 0.3 is 0 Å². The van der Waals surface area contributed by atoms with Crippen molar-refractivity contribution >= 4 is 21.6 Å². The second-order valence-corrected chi connectivity index (χ2v) is 8.25. The van der Waals surface area contributed by atoms with Gasteiger partial charge in [-0.3, -0.25) is 4.79 Å². The van der Waals surface area contributed by atoms with Gasteiger partial charge in [0.1, 0.15) is 12.4 Å². The normalized spacial score (nSPS) is 13.6. The first kappa shape index (κ1) is 18.4. The number of hydrogen-bond acceptors (Lipinski definition) is 4. The summed E-state index contributed by atoms with van der Waals surface area (Å²) in [6.45, 7) is 4.55. The van der Waals surface area contributed by atoms with Crippen LogP contribution in [-0.2, 0) is 21.2 Å². The van der Waals surface area contributed by atoms with E-state index >= 15 is 0 Å². The van der Waals surface area contributed by atoms with E-state index in [0.717, 1.165) is 11.3 Å². The van der Waals surface area contributed by atoms with Gasteiger partial charge in [-0.15, -0.1) is 0 Å². The molecular formula is C19H22N2O4S. The molecule has 2 aromatic carbocycles. The van der Waals surface area contributed by atoms with Crippen molar-refractivity contribution in [3.05, 3.63) is 53.6 Å². The zero-order valence-electron chi connectivity index (χ0n) is 14.8. The minimum Gasteiger partial charge on any atom is -0.492 e. The molecule has 0 saturated carbocycles. The summed E-state index contributed by atoms with van der Waals surface area (Å²) in [5.41, 5.74) is 2.45. The summed E-state index contributed by atoms with van der Waals surface area (Å²) < 4.78 is 33.1. The summed E-state index contributed by atoms with van der Waals surface area (Å²) >= 11 is 0. The van der Waals surface area contributed by atoms with Crippen molar-refractivity contribution in [2.24, 2.45) is 0 Å². The van der Waals surface area contributed by atoms with E-state index in [4.69, 9.17) is 4.74 Å². The number of nitrogens with one attached hydrogen (secondary N) is 2. The lowest BCUT2D eigenvalue weighted by molar-refractivity contribution is -0.115. The number of anilines is 1. The molecule has 0 bridgehead atoms. The highest BCUT2D eigenvalue weighted by atomic mass is 32.2. The highest BCUT2D eigenvalue weighted by Gasteiger charge is 2.21. The number of benzene rings is 2. The van der Waals surface area contributed by atoms with Crippen LogP contribution >= 0.6 is 0 Å². The van der Waals surface area contributed by atoms with Crippen LogP contribution in [0.4, 0.5) is 5.69 Å². The predicted octanol–water partition coefficient (Wildman–Crippen LogP) is 2.66. The third-order valence-electron chi connectivity index (χ3n) is 4.20. The van der Waals surface area contributed by atoms with Crippen molar-refractivity contribution in [1.29, 1.82) is 0 Å². The molecule has 26 heavy (non-hydrogen) atoms. The van der Waals surface area contributed by atoms with Crippen molar-refractivity contribution in [1.82, 2.24) is 4.72 Å². The molecule has 1 heterocycles. The van der Waals surface area contributed by atoms with Gasteiger partial charge in [-0.1, -0.05) is 32.0 Å². The van der Waals surface area contributed by atoms with Crippen LogP contribution < -0.4 is 14.8 Å². The molecule has 0 fully saturated rings. The number of hydrogen-bond donors (Lipinski definition) is 2.